The van der Waals surface area contributed by atoms with Gasteiger partial charge in [0.2, 0.25) is 5.89 Å². The van der Waals surface area contributed by atoms with Crippen molar-refractivity contribution in [2.45, 2.75) is 50.5 Å². The first-order valence-electron chi connectivity index (χ1n) is 11.0. The van der Waals surface area contributed by atoms with Gasteiger partial charge in [-0.15, -0.1) is 0 Å². The second-order valence-electron chi connectivity index (χ2n) is 8.51. The number of ether oxygens (including phenoxy) is 1. The molecule has 3 aromatic rings. The van der Waals surface area contributed by atoms with Crippen molar-refractivity contribution in [1.82, 2.24) is 14.9 Å². The summed E-state index contributed by atoms with van der Waals surface area (Å²) in [5.41, 5.74) is 5.23. The van der Waals surface area contributed by atoms with Gasteiger partial charge in [-0.1, -0.05) is 5.18 Å². The number of nitrogens with zero attached hydrogens (tertiary/aromatic N) is 4. The van der Waals surface area contributed by atoms with Crippen molar-refractivity contribution in [2.75, 3.05) is 14.2 Å². The van der Waals surface area contributed by atoms with E-state index in [0.717, 1.165) is 12.5 Å². The number of nitrogens with two attached hydrogens (primary N) is 1. The van der Waals surface area contributed by atoms with Gasteiger partial charge in [0.05, 0.1) is 19.2 Å². The fourth-order valence-corrected chi connectivity index (χ4v) is 4.42. The zero-order valence-corrected chi connectivity index (χ0v) is 19.3. The molecule has 0 saturated heterocycles. The number of methoxy groups -OCH3 is 1. The highest BCUT2D eigenvalue weighted by Gasteiger charge is 2.37. The quantitative estimate of drug-likeness (QED) is 0.496. The van der Waals surface area contributed by atoms with E-state index in [1.807, 2.05) is 0 Å². The van der Waals surface area contributed by atoms with Crippen LogP contribution in [0.2, 0.25) is 0 Å². The van der Waals surface area contributed by atoms with E-state index in [1.54, 1.807) is 20.0 Å². The summed E-state index contributed by atoms with van der Waals surface area (Å²) in [5.74, 6) is -0.226. The second kappa shape index (κ2) is 9.25. The van der Waals surface area contributed by atoms with Gasteiger partial charge in [0.1, 0.15) is 23.0 Å². The lowest BCUT2D eigenvalue weighted by Gasteiger charge is -2.26. The zero-order valence-electron chi connectivity index (χ0n) is 19.3. The first kappa shape index (κ1) is 24.6. The number of rotatable bonds is 6. The molecule has 0 bridgehead atoms. The van der Waals surface area contributed by atoms with E-state index in [-0.39, 0.29) is 34.7 Å². The molecule has 0 aliphatic heterocycles. The number of hydrogen-bond donors (Lipinski definition) is 1. The van der Waals surface area contributed by atoms with Crippen molar-refractivity contribution in [3.63, 3.8) is 0 Å². The highest BCUT2D eigenvalue weighted by molar-refractivity contribution is 5.98. The molecule has 9 nitrogen and oxygen atoms in total. The standard InChI is InChI=1S/C23H24F3N5O4/c1-11(27)20-19(22(32)31(2)15-6-4-5-14(15)30-33)29-21(35-20)13-7-9-16(34-3)18-12(13)8-10-17(28-18)23(24,25)26/h7-11,14-15H,4-6,27H2,1-3H3/t11-,14?,15?/m0/s1. The summed E-state index contributed by atoms with van der Waals surface area (Å²) in [4.78, 5) is 34.1. The number of carbonyl (C=O) groups excluding carboxylic acids is 1. The lowest BCUT2D eigenvalue weighted by Crippen LogP contribution is -2.41. The van der Waals surface area contributed by atoms with Crippen molar-refractivity contribution in [1.29, 1.82) is 0 Å². The van der Waals surface area contributed by atoms with Crippen LogP contribution in [-0.2, 0) is 6.18 Å². The minimum absolute atomic E-state index is 0.000235. The lowest BCUT2D eigenvalue weighted by atomic mass is 10.1. The molecule has 2 heterocycles. The van der Waals surface area contributed by atoms with E-state index in [2.05, 4.69) is 15.1 Å². The molecule has 0 radical (unpaired) electrons. The van der Waals surface area contributed by atoms with Crippen molar-refractivity contribution < 1.29 is 27.1 Å². The molecule has 2 aromatic heterocycles. The third kappa shape index (κ3) is 4.45. The van der Waals surface area contributed by atoms with Crippen LogP contribution in [0.25, 0.3) is 22.4 Å². The Morgan fingerprint density at radius 2 is 2.00 bits per heavy atom. The third-order valence-corrected chi connectivity index (χ3v) is 6.23. The largest absolute Gasteiger partial charge is 0.494 e. The van der Waals surface area contributed by atoms with Gasteiger partial charge in [-0.3, -0.25) is 4.79 Å². The summed E-state index contributed by atoms with van der Waals surface area (Å²) in [7, 11) is 2.90. The fourth-order valence-electron chi connectivity index (χ4n) is 4.42. The van der Waals surface area contributed by atoms with Crippen molar-refractivity contribution in [3.05, 3.63) is 46.3 Å². The molecule has 35 heavy (non-hydrogen) atoms. The molecular formula is C23H24F3N5O4. The van der Waals surface area contributed by atoms with Crippen LogP contribution in [0.3, 0.4) is 0 Å². The van der Waals surface area contributed by atoms with Gasteiger partial charge in [-0.05, 0) is 50.5 Å². The molecule has 1 aliphatic rings. The highest BCUT2D eigenvalue weighted by Crippen LogP contribution is 2.38. The number of nitroso groups, excluding NO2 is 1. The monoisotopic (exact) mass is 491 g/mol. The second-order valence-corrected chi connectivity index (χ2v) is 8.51. The molecule has 1 aromatic carbocycles. The smallest absolute Gasteiger partial charge is 0.433 e. The van der Waals surface area contributed by atoms with E-state index in [0.29, 0.717) is 23.8 Å². The molecule has 1 fully saturated rings. The van der Waals surface area contributed by atoms with Crippen molar-refractivity contribution >= 4 is 16.8 Å². The topological polar surface area (TPSA) is 124 Å². The van der Waals surface area contributed by atoms with E-state index >= 15 is 0 Å². The number of halogens is 3. The number of hydrogen-bond acceptors (Lipinski definition) is 8. The predicted molar refractivity (Wildman–Crippen MR) is 121 cm³/mol. The van der Waals surface area contributed by atoms with Crippen LogP contribution < -0.4 is 10.5 Å². The van der Waals surface area contributed by atoms with E-state index in [4.69, 9.17) is 14.9 Å². The average Bonchev–Trinajstić information content (AvgIpc) is 3.49. The number of benzene rings is 1. The van der Waals surface area contributed by atoms with E-state index in [9.17, 15) is 22.9 Å². The molecule has 186 valence electrons. The van der Waals surface area contributed by atoms with Gasteiger partial charge in [-0.25, -0.2) is 9.97 Å². The normalized spacial score (nSPS) is 19.1. The Labute approximate surface area is 198 Å². The van der Waals surface area contributed by atoms with Crippen LogP contribution in [0, 0.1) is 4.91 Å². The van der Waals surface area contributed by atoms with Gasteiger partial charge in [0.25, 0.3) is 5.91 Å². The number of pyridine rings is 1. The van der Waals surface area contributed by atoms with E-state index in [1.165, 1.54) is 24.1 Å². The predicted octanol–water partition coefficient (Wildman–Crippen LogP) is 4.70. The summed E-state index contributed by atoms with van der Waals surface area (Å²) >= 11 is 0. The molecule has 1 saturated carbocycles. The first-order chi connectivity index (χ1) is 16.6. The molecule has 0 spiro atoms. The summed E-state index contributed by atoms with van der Waals surface area (Å²) in [6.45, 7) is 1.62. The molecule has 2 N–H and O–H groups in total. The Kier molecular flexibility index (Phi) is 6.50. The number of aromatic nitrogens is 2. The van der Waals surface area contributed by atoms with Crippen molar-refractivity contribution in [3.8, 4) is 17.2 Å². The van der Waals surface area contributed by atoms with Crippen LogP contribution in [-0.4, -0.2) is 47.0 Å². The zero-order chi connectivity index (χ0) is 25.5. The minimum atomic E-state index is -4.64. The van der Waals surface area contributed by atoms with Crippen LogP contribution in [0.15, 0.2) is 33.9 Å². The molecule has 2 unspecified atom stereocenters. The highest BCUT2D eigenvalue weighted by atomic mass is 19.4. The van der Waals surface area contributed by atoms with Gasteiger partial charge in [0.15, 0.2) is 11.5 Å². The van der Waals surface area contributed by atoms with Crippen LogP contribution in [0.4, 0.5) is 13.2 Å². The molecule has 4 rings (SSSR count). The Bertz CT molecular complexity index is 1270. The first-order valence-corrected chi connectivity index (χ1v) is 11.0. The van der Waals surface area contributed by atoms with Crippen molar-refractivity contribution in [2.24, 2.45) is 10.9 Å². The number of alkyl halides is 3. The van der Waals surface area contributed by atoms with Gasteiger partial charge in [-0.2, -0.15) is 18.1 Å². The molecule has 3 atom stereocenters. The number of oxazole rings is 1. The lowest BCUT2D eigenvalue weighted by molar-refractivity contribution is -0.140. The number of carbonyl (C=O) groups is 1. The maximum Gasteiger partial charge on any atom is 0.433 e. The van der Waals surface area contributed by atoms with Gasteiger partial charge in [0, 0.05) is 18.0 Å². The maximum atomic E-state index is 13.3. The van der Waals surface area contributed by atoms with E-state index < -0.39 is 29.9 Å². The average molecular weight is 491 g/mol. The molecule has 1 aliphatic carbocycles. The number of fused-ring (bicyclic) bond motifs is 1. The fraction of sp³-hybridized carbons (Fsp3) is 0.435. The summed E-state index contributed by atoms with van der Waals surface area (Å²) in [6, 6.07) is 3.55. The summed E-state index contributed by atoms with van der Waals surface area (Å²) < 4.78 is 50.8. The summed E-state index contributed by atoms with van der Waals surface area (Å²) in [6.07, 6.45) is -2.64. The number of amides is 1. The Morgan fingerprint density at radius 1 is 1.26 bits per heavy atom. The van der Waals surface area contributed by atoms with Crippen LogP contribution in [0.1, 0.15) is 54.2 Å². The Balaban J connectivity index is 1.81. The Morgan fingerprint density at radius 3 is 2.63 bits per heavy atom. The van der Waals surface area contributed by atoms with Gasteiger partial charge < -0.3 is 19.8 Å². The van der Waals surface area contributed by atoms with Gasteiger partial charge >= 0.3 is 6.18 Å². The maximum absolute atomic E-state index is 13.3. The minimum Gasteiger partial charge on any atom is -0.494 e. The Hall–Kier alpha value is -3.54. The third-order valence-electron chi connectivity index (χ3n) is 6.23. The SMILES string of the molecule is COc1ccc(-c2nc(C(=O)N(C)C3CCCC3N=O)c([C@H](C)N)o2)c2ccc(C(F)(F)F)nc12. The molecule has 1 amide bonds. The number of likely N-dealkylation sites (N-methyl/N-ethyl adjacent to an activating group) is 1. The molecule has 12 heteroatoms. The summed E-state index contributed by atoms with van der Waals surface area (Å²) in [5, 5.41) is 3.43. The molecular weight excluding hydrogens is 467 g/mol. The van der Waals surface area contributed by atoms with Crippen LogP contribution >= 0.6 is 0 Å². The van der Waals surface area contributed by atoms with Crippen LogP contribution in [0.5, 0.6) is 5.75 Å².